The lowest BCUT2D eigenvalue weighted by Crippen LogP contribution is -2.39. The van der Waals surface area contributed by atoms with Crippen LogP contribution in [-0.4, -0.2) is 58.9 Å². The first-order valence-corrected chi connectivity index (χ1v) is 11.6. The van der Waals surface area contributed by atoms with E-state index >= 15 is 0 Å². The van der Waals surface area contributed by atoms with Gasteiger partial charge >= 0.3 is 0 Å². The standard InChI is InChI=1S/C20H23N3O3.C7H6FNO2/c21-11-16-6-7-18(10-19(16)24)26-14-20(25)22-17-8-9-23(13-17)12-15-4-2-1-3-5-15;8-5-3-4(7(9)11)1-2-6(5)10/h1-7,10-11,17,21,24H,8-9,12-14H2,(H,22,25);1-3,10H,(H2,9,11). The predicted octanol–water partition coefficient (Wildman–Crippen LogP) is 2.79. The average Bonchev–Trinajstić information content (AvgIpc) is 3.31. The lowest BCUT2D eigenvalue weighted by atomic mass is 10.2. The van der Waals surface area contributed by atoms with E-state index in [1.54, 1.807) is 12.1 Å². The Kier molecular flexibility index (Phi) is 9.56. The summed E-state index contributed by atoms with van der Waals surface area (Å²) in [6.45, 7) is 2.58. The molecule has 3 aromatic carbocycles. The number of phenols is 2. The molecule has 2 amide bonds. The summed E-state index contributed by atoms with van der Waals surface area (Å²) in [5.41, 5.74) is 6.57. The number of nitrogens with zero attached hydrogens (tertiary/aromatic N) is 1. The van der Waals surface area contributed by atoms with Crippen LogP contribution in [0.25, 0.3) is 0 Å². The molecule has 37 heavy (non-hydrogen) atoms. The minimum Gasteiger partial charge on any atom is -0.507 e. The summed E-state index contributed by atoms with van der Waals surface area (Å²) in [6, 6.07) is 18.3. The second kappa shape index (κ2) is 13.0. The van der Waals surface area contributed by atoms with Gasteiger partial charge in [-0.05, 0) is 42.3 Å². The topological polar surface area (TPSA) is 149 Å². The van der Waals surface area contributed by atoms with Gasteiger partial charge in [0.25, 0.3) is 5.91 Å². The molecule has 1 heterocycles. The number of hydrogen-bond acceptors (Lipinski definition) is 7. The average molecular weight is 509 g/mol. The van der Waals surface area contributed by atoms with Crippen molar-refractivity contribution in [3.8, 4) is 17.2 Å². The second-order valence-corrected chi connectivity index (χ2v) is 8.46. The van der Waals surface area contributed by atoms with Gasteiger partial charge in [-0.3, -0.25) is 14.5 Å². The first-order chi connectivity index (χ1) is 17.7. The van der Waals surface area contributed by atoms with E-state index in [2.05, 4.69) is 22.3 Å². The van der Waals surface area contributed by atoms with Crippen LogP contribution in [0.3, 0.4) is 0 Å². The Labute approximate surface area is 213 Å². The van der Waals surface area contributed by atoms with Crippen molar-refractivity contribution < 1.29 is 28.9 Å². The minimum atomic E-state index is -0.846. The maximum atomic E-state index is 12.5. The van der Waals surface area contributed by atoms with Crippen molar-refractivity contribution in [3.63, 3.8) is 0 Å². The number of ether oxygens (including phenoxy) is 1. The number of carbonyl (C=O) groups excluding carboxylic acids is 2. The largest absolute Gasteiger partial charge is 0.507 e. The zero-order chi connectivity index (χ0) is 26.8. The molecule has 0 aliphatic carbocycles. The summed E-state index contributed by atoms with van der Waals surface area (Å²) in [7, 11) is 0. The molecule has 1 atom stereocenters. The van der Waals surface area contributed by atoms with Gasteiger partial charge in [0.15, 0.2) is 18.2 Å². The van der Waals surface area contributed by atoms with E-state index in [1.165, 1.54) is 17.7 Å². The Morgan fingerprint density at radius 2 is 1.86 bits per heavy atom. The zero-order valence-corrected chi connectivity index (χ0v) is 20.1. The van der Waals surface area contributed by atoms with Crippen LogP contribution >= 0.6 is 0 Å². The Morgan fingerprint density at radius 3 is 2.51 bits per heavy atom. The summed E-state index contributed by atoms with van der Waals surface area (Å²) in [4.78, 5) is 24.9. The number of hydrogen-bond donors (Lipinski definition) is 5. The molecule has 1 unspecified atom stereocenters. The number of aromatic hydroxyl groups is 2. The molecule has 6 N–H and O–H groups in total. The fourth-order valence-corrected chi connectivity index (χ4v) is 3.75. The van der Waals surface area contributed by atoms with E-state index < -0.39 is 17.5 Å². The van der Waals surface area contributed by atoms with E-state index in [0.717, 1.165) is 44.4 Å². The molecule has 3 aromatic rings. The molecule has 1 fully saturated rings. The number of phenolic OH excluding ortho intramolecular Hbond substituents is 2. The van der Waals surface area contributed by atoms with Gasteiger partial charge in [-0.1, -0.05) is 30.3 Å². The Bertz CT molecular complexity index is 1240. The molecule has 1 aliphatic heterocycles. The van der Waals surface area contributed by atoms with E-state index in [1.807, 2.05) is 18.2 Å². The monoisotopic (exact) mass is 508 g/mol. The highest BCUT2D eigenvalue weighted by molar-refractivity contribution is 5.92. The molecule has 0 radical (unpaired) electrons. The van der Waals surface area contributed by atoms with Crippen molar-refractivity contribution in [3.05, 3.63) is 89.2 Å². The number of nitrogens with one attached hydrogen (secondary N) is 2. The molecule has 0 spiro atoms. The fourth-order valence-electron chi connectivity index (χ4n) is 3.75. The summed E-state index contributed by atoms with van der Waals surface area (Å²) in [5, 5.41) is 28.5. The van der Waals surface area contributed by atoms with Crippen LogP contribution in [0, 0.1) is 11.2 Å². The van der Waals surface area contributed by atoms with Crippen LogP contribution in [0.4, 0.5) is 4.39 Å². The number of carbonyl (C=O) groups is 2. The second-order valence-electron chi connectivity index (χ2n) is 8.46. The van der Waals surface area contributed by atoms with Gasteiger partial charge in [-0.2, -0.15) is 0 Å². The Balaban J connectivity index is 0.000000289. The molecule has 0 bridgehead atoms. The summed E-state index contributed by atoms with van der Waals surface area (Å²) in [5.74, 6) is -1.86. The number of primary amides is 1. The van der Waals surface area contributed by atoms with Crippen molar-refractivity contribution in [2.75, 3.05) is 19.7 Å². The fraction of sp³-hybridized carbons (Fsp3) is 0.222. The van der Waals surface area contributed by atoms with Gasteiger partial charge in [0, 0.05) is 49.1 Å². The zero-order valence-electron chi connectivity index (χ0n) is 20.1. The summed E-state index contributed by atoms with van der Waals surface area (Å²) in [6.07, 6.45) is 1.99. The summed E-state index contributed by atoms with van der Waals surface area (Å²) < 4.78 is 17.9. The maximum absolute atomic E-state index is 12.5. The first kappa shape index (κ1) is 27.2. The van der Waals surface area contributed by atoms with Gasteiger partial charge in [0.2, 0.25) is 5.91 Å². The number of halogens is 1. The minimum absolute atomic E-state index is 0.0368. The highest BCUT2D eigenvalue weighted by atomic mass is 19.1. The van der Waals surface area contributed by atoms with Crippen LogP contribution in [0.5, 0.6) is 17.2 Å². The van der Waals surface area contributed by atoms with Crippen molar-refractivity contribution in [1.82, 2.24) is 10.2 Å². The van der Waals surface area contributed by atoms with Gasteiger partial charge in [-0.15, -0.1) is 0 Å². The smallest absolute Gasteiger partial charge is 0.258 e. The number of likely N-dealkylation sites (tertiary alicyclic amines) is 1. The van der Waals surface area contributed by atoms with Crippen LogP contribution in [-0.2, 0) is 11.3 Å². The van der Waals surface area contributed by atoms with Crippen molar-refractivity contribution in [1.29, 1.82) is 5.41 Å². The molecule has 194 valence electrons. The van der Waals surface area contributed by atoms with Crippen molar-refractivity contribution in [2.45, 2.75) is 19.0 Å². The third-order valence-electron chi connectivity index (χ3n) is 5.65. The molecule has 10 heteroatoms. The van der Waals surface area contributed by atoms with Crippen LogP contribution in [0.1, 0.15) is 27.9 Å². The number of rotatable bonds is 8. The predicted molar refractivity (Wildman–Crippen MR) is 136 cm³/mol. The van der Waals surface area contributed by atoms with Gasteiger partial charge in [0.05, 0.1) is 0 Å². The van der Waals surface area contributed by atoms with Crippen LogP contribution < -0.4 is 15.8 Å². The van der Waals surface area contributed by atoms with Crippen LogP contribution in [0.2, 0.25) is 0 Å². The van der Waals surface area contributed by atoms with E-state index in [4.69, 9.17) is 21.0 Å². The molecule has 9 nitrogen and oxygen atoms in total. The van der Waals surface area contributed by atoms with Gasteiger partial charge in [-0.25, -0.2) is 4.39 Å². The van der Waals surface area contributed by atoms with Crippen molar-refractivity contribution in [2.24, 2.45) is 5.73 Å². The SMILES string of the molecule is N=Cc1ccc(OCC(=O)NC2CCN(Cc3ccccc3)C2)cc1O.NC(=O)c1ccc(O)c(F)c1. The third-order valence-corrected chi connectivity index (χ3v) is 5.65. The molecule has 1 aliphatic rings. The van der Waals surface area contributed by atoms with E-state index in [0.29, 0.717) is 11.3 Å². The molecule has 0 saturated carbocycles. The number of nitrogens with two attached hydrogens (primary N) is 1. The molecule has 0 aromatic heterocycles. The highest BCUT2D eigenvalue weighted by Crippen LogP contribution is 2.22. The van der Waals surface area contributed by atoms with Crippen molar-refractivity contribution >= 4 is 18.0 Å². The molecule has 4 rings (SSSR count). The quantitative estimate of drug-likeness (QED) is 0.296. The molecular weight excluding hydrogens is 479 g/mol. The van der Waals surface area contributed by atoms with E-state index in [-0.39, 0.29) is 29.9 Å². The summed E-state index contributed by atoms with van der Waals surface area (Å²) >= 11 is 0. The Morgan fingerprint density at radius 1 is 1.11 bits per heavy atom. The number of benzene rings is 3. The lowest BCUT2D eigenvalue weighted by molar-refractivity contribution is -0.123. The molecular formula is C27H29FN4O5. The van der Waals surface area contributed by atoms with E-state index in [9.17, 15) is 19.1 Å². The first-order valence-electron chi connectivity index (χ1n) is 11.6. The van der Waals surface area contributed by atoms with Gasteiger partial charge < -0.3 is 31.4 Å². The normalized spacial score (nSPS) is 14.8. The highest BCUT2D eigenvalue weighted by Gasteiger charge is 2.23. The van der Waals surface area contributed by atoms with Gasteiger partial charge in [0.1, 0.15) is 11.5 Å². The number of amides is 2. The molecule has 1 saturated heterocycles. The third kappa shape index (κ3) is 8.32. The lowest BCUT2D eigenvalue weighted by Gasteiger charge is -2.17. The van der Waals surface area contributed by atoms with Crippen LogP contribution in [0.15, 0.2) is 66.7 Å². The Hall–Kier alpha value is -4.44. The maximum Gasteiger partial charge on any atom is 0.258 e.